The molecular formula is C18H29NO8S. The minimum atomic E-state index is -0.895. The lowest BCUT2D eigenvalue weighted by atomic mass is 10.0. The van der Waals surface area contributed by atoms with E-state index in [1.807, 2.05) is 0 Å². The molecule has 4 atom stereocenters. The highest BCUT2D eigenvalue weighted by Crippen LogP contribution is 2.27. The Hall–Kier alpha value is -1.78. The van der Waals surface area contributed by atoms with Gasteiger partial charge >= 0.3 is 17.9 Å². The van der Waals surface area contributed by atoms with Gasteiger partial charge in [-0.3, -0.25) is 14.4 Å². The summed E-state index contributed by atoms with van der Waals surface area (Å²) in [5.74, 6) is -1.58. The Kier molecular flexibility index (Phi) is 10.9. The fraction of sp³-hybridized carbons (Fsp3) is 0.778. The van der Waals surface area contributed by atoms with Gasteiger partial charge in [0.25, 0.3) is 0 Å². The first-order valence-corrected chi connectivity index (χ1v) is 9.59. The van der Waals surface area contributed by atoms with E-state index in [1.54, 1.807) is 7.05 Å². The molecule has 1 aliphatic rings. The topological polar surface area (TPSA) is 109 Å². The van der Waals surface area contributed by atoms with Crippen LogP contribution in [-0.4, -0.2) is 67.8 Å². The average molecular weight is 419 g/mol. The fourth-order valence-electron chi connectivity index (χ4n) is 2.73. The third-order valence-corrected chi connectivity index (χ3v) is 4.34. The number of ether oxygens (including phenoxy) is 5. The van der Waals surface area contributed by atoms with E-state index in [0.717, 1.165) is 24.3 Å². The Morgan fingerprint density at radius 2 is 1.75 bits per heavy atom. The molecule has 0 bridgehead atoms. The van der Waals surface area contributed by atoms with Crippen LogP contribution in [0.3, 0.4) is 0 Å². The van der Waals surface area contributed by atoms with Crippen LogP contribution in [0.4, 0.5) is 0 Å². The van der Waals surface area contributed by atoms with Crippen molar-refractivity contribution in [1.29, 1.82) is 0 Å². The SMILES string of the molecule is CNC(=S)CCCCOC1CC(OC(C)=O)C(OC(C)=O)C(COC(C)=O)O1. The molecule has 0 spiro atoms. The normalized spacial score (nSPS) is 24.1. The molecule has 0 radical (unpaired) electrons. The quantitative estimate of drug-likeness (QED) is 0.240. The molecule has 9 nitrogen and oxygen atoms in total. The zero-order chi connectivity index (χ0) is 21.1. The van der Waals surface area contributed by atoms with Crippen LogP contribution < -0.4 is 5.32 Å². The molecule has 0 amide bonds. The van der Waals surface area contributed by atoms with Gasteiger partial charge in [0.1, 0.15) is 18.8 Å². The summed E-state index contributed by atoms with van der Waals surface area (Å²) in [7, 11) is 1.78. The first-order chi connectivity index (χ1) is 13.2. The van der Waals surface area contributed by atoms with E-state index in [-0.39, 0.29) is 13.0 Å². The smallest absolute Gasteiger partial charge is 0.303 e. The maximum Gasteiger partial charge on any atom is 0.303 e. The Labute approximate surface area is 170 Å². The molecule has 1 rings (SSSR count). The number of thiocarbonyl (C=S) groups is 1. The molecule has 1 heterocycles. The lowest BCUT2D eigenvalue weighted by molar-refractivity contribution is -0.266. The third kappa shape index (κ3) is 9.43. The van der Waals surface area contributed by atoms with E-state index in [1.165, 1.54) is 20.8 Å². The zero-order valence-corrected chi connectivity index (χ0v) is 17.5. The van der Waals surface area contributed by atoms with Crippen molar-refractivity contribution in [1.82, 2.24) is 5.32 Å². The molecule has 1 saturated heterocycles. The summed E-state index contributed by atoms with van der Waals surface area (Å²) in [5, 5.41) is 2.91. The average Bonchev–Trinajstić information content (AvgIpc) is 2.60. The summed E-state index contributed by atoms with van der Waals surface area (Å²) in [6.45, 7) is 4.04. The second-order valence-electron chi connectivity index (χ2n) is 6.37. The molecule has 0 aliphatic carbocycles. The van der Waals surface area contributed by atoms with Gasteiger partial charge in [-0.2, -0.15) is 0 Å². The van der Waals surface area contributed by atoms with Gasteiger partial charge in [-0.1, -0.05) is 12.2 Å². The summed E-state index contributed by atoms with van der Waals surface area (Å²) >= 11 is 5.09. The van der Waals surface area contributed by atoms with E-state index in [0.29, 0.717) is 6.61 Å². The van der Waals surface area contributed by atoms with Crippen molar-refractivity contribution in [3.05, 3.63) is 0 Å². The van der Waals surface area contributed by atoms with Crippen LogP contribution in [0, 0.1) is 0 Å². The molecule has 1 aliphatic heterocycles. The first-order valence-electron chi connectivity index (χ1n) is 9.18. The number of nitrogens with one attached hydrogen (secondary N) is 1. The molecule has 0 saturated carbocycles. The molecule has 0 aromatic heterocycles. The maximum atomic E-state index is 11.5. The Morgan fingerprint density at radius 3 is 2.32 bits per heavy atom. The van der Waals surface area contributed by atoms with Crippen molar-refractivity contribution in [2.45, 2.75) is 71.1 Å². The van der Waals surface area contributed by atoms with E-state index >= 15 is 0 Å². The maximum absolute atomic E-state index is 11.5. The standard InChI is InChI=1S/C18H29NO8S/c1-11(20)24-10-15-18(26-13(3)22)14(25-12(2)21)9-17(27-15)23-8-6-5-7-16(28)19-4/h14-15,17-18H,5-10H2,1-4H3,(H,19,28). The molecular weight excluding hydrogens is 390 g/mol. The predicted octanol–water partition coefficient (Wildman–Crippen LogP) is 1.26. The third-order valence-electron chi connectivity index (χ3n) is 3.94. The molecule has 4 unspecified atom stereocenters. The van der Waals surface area contributed by atoms with Crippen LogP contribution in [0.2, 0.25) is 0 Å². The minimum Gasteiger partial charge on any atom is -0.463 e. The second kappa shape index (κ2) is 12.6. The van der Waals surface area contributed by atoms with Crippen molar-refractivity contribution in [3.63, 3.8) is 0 Å². The largest absolute Gasteiger partial charge is 0.463 e. The van der Waals surface area contributed by atoms with Crippen molar-refractivity contribution in [2.75, 3.05) is 20.3 Å². The van der Waals surface area contributed by atoms with Gasteiger partial charge in [-0.15, -0.1) is 0 Å². The van der Waals surface area contributed by atoms with E-state index < -0.39 is 42.5 Å². The van der Waals surface area contributed by atoms with Crippen molar-refractivity contribution in [2.24, 2.45) is 0 Å². The van der Waals surface area contributed by atoms with Gasteiger partial charge in [-0.05, 0) is 19.3 Å². The number of esters is 3. The molecule has 0 aromatic carbocycles. The van der Waals surface area contributed by atoms with Gasteiger partial charge in [-0.25, -0.2) is 0 Å². The number of unbranched alkanes of at least 4 members (excludes halogenated alkanes) is 1. The van der Waals surface area contributed by atoms with Gasteiger partial charge in [0.05, 0.1) is 4.99 Å². The van der Waals surface area contributed by atoms with Crippen LogP contribution in [-0.2, 0) is 38.1 Å². The first kappa shape index (κ1) is 24.3. The summed E-state index contributed by atoms with van der Waals surface area (Å²) < 4.78 is 27.1. The van der Waals surface area contributed by atoms with Crippen molar-refractivity contribution in [3.8, 4) is 0 Å². The van der Waals surface area contributed by atoms with Gasteiger partial charge in [0.15, 0.2) is 12.4 Å². The molecule has 160 valence electrons. The molecule has 28 heavy (non-hydrogen) atoms. The number of hydrogen-bond acceptors (Lipinski definition) is 9. The summed E-state index contributed by atoms with van der Waals surface area (Å²) in [5.41, 5.74) is 0. The van der Waals surface area contributed by atoms with Crippen LogP contribution >= 0.6 is 12.2 Å². The summed E-state index contributed by atoms with van der Waals surface area (Å²) in [6.07, 6.45) is -0.579. The van der Waals surface area contributed by atoms with E-state index in [2.05, 4.69) is 5.32 Å². The molecule has 10 heteroatoms. The Morgan fingerprint density at radius 1 is 1.07 bits per heavy atom. The number of rotatable bonds is 10. The van der Waals surface area contributed by atoms with E-state index in [9.17, 15) is 14.4 Å². The van der Waals surface area contributed by atoms with Crippen molar-refractivity contribution >= 4 is 35.1 Å². The van der Waals surface area contributed by atoms with Crippen LogP contribution in [0.1, 0.15) is 46.5 Å². The minimum absolute atomic E-state index is 0.151. The monoisotopic (exact) mass is 419 g/mol. The Bertz CT molecular complexity index is 556. The van der Waals surface area contributed by atoms with E-state index in [4.69, 9.17) is 35.9 Å². The summed E-state index contributed by atoms with van der Waals surface area (Å²) in [4.78, 5) is 34.9. The van der Waals surface area contributed by atoms with Gasteiger partial charge in [0.2, 0.25) is 0 Å². The van der Waals surface area contributed by atoms with Gasteiger partial charge < -0.3 is 29.0 Å². The lowest BCUT2D eigenvalue weighted by Crippen LogP contribution is -2.54. The van der Waals surface area contributed by atoms with Crippen LogP contribution in [0.25, 0.3) is 0 Å². The van der Waals surface area contributed by atoms with Crippen LogP contribution in [0.5, 0.6) is 0 Å². The summed E-state index contributed by atoms with van der Waals surface area (Å²) in [6, 6.07) is 0. The van der Waals surface area contributed by atoms with Crippen LogP contribution in [0.15, 0.2) is 0 Å². The highest BCUT2D eigenvalue weighted by Gasteiger charge is 2.44. The molecule has 1 fully saturated rings. The second-order valence-corrected chi connectivity index (χ2v) is 6.86. The Balaban J connectivity index is 2.70. The number of carbonyl (C=O) groups excluding carboxylic acids is 3. The molecule has 1 N–H and O–H groups in total. The predicted molar refractivity (Wildman–Crippen MR) is 102 cm³/mol. The highest BCUT2D eigenvalue weighted by molar-refractivity contribution is 7.80. The molecule has 0 aromatic rings. The van der Waals surface area contributed by atoms with Crippen molar-refractivity contribution < 1.29 is 38.1 Å². The number of hydrogen-bond donors (Lipinski definition) is 1. The fourth-order valence-corrected chi connectivity index (χ4v) is 2.88. The highest BCUT2D eigenvalue weighted by atomic mass is 32.1. The zero-order valence-electron chi connectivity index (χ0n) is 16.7. The number of carbonyl (C=O) groups is 3. The van der Waals surface area contributed by atoms with Gasteiger partial charge in [0, 0.05) is 40.8 Å². The lowest BCUT2D eigenvalue weighted by Gasteiger charge is -2.39.